The number of rotatable bonds is 4. The first kappa shape index (κ1) is 17.9. The van der Waals surface area contributed by atoms with E-state index in [4.69, 9.17) is 8.83 Å². The van der Waals surface area contributed by atoms with Crippen LogP contribution in [0.3, 0.4) is 0 Å². The number of aliphatic hydroxyl groups is 1. The summed E-state index contributed by atoms with van der Waals surface area (Å²) in [5, 5.41) is 10.6. The van der Waals surface area contributed by atoms with E-state index in [0.29, 0.717) is 17.2 Å². The molecule has 0 radical (unpaired) electrons. The summed E-state index contributed by atoms with van der Waals surface area (Å²) >= 11 is 0. The zero-order valence-corrected chi connectivity index (χ0v) is 15.7. The smallest absolute Gasteiger partial charge is 0.294 e. The van der Waals surface area contributed by atoms with Gasteiger partial charge in [0, 0.05) is 5.69 Å². The molecule has 0 bridgehead atoms. The van der Waals surface area contributed by atoms with Gasteiger partial charge in [0.2, 0.25) is 5.78 Å². The number of ketones is 1. The fourth-order valence-corrected chi connectivity index (χ4v) is 3.60. The molecule has 1 aromatic carbocycles. The fourth-order valence-electron chi connectivity index (χ4n) is 3.60. The summed E-state index contributed by atoms with van der Waals surface area (Å²) in [5.74, 6) is -0.728. The van der Waals surface area contributed by atoms with Crippen LogP contribution in [0.4, 0.5) is 5.69 Å². The molecule has 1 aliphatic heterocycles. The lowest BCUT2D eigenvalue weighted by Crippen LogP contribution is -2.31. The molecule has 142 valence electrons. The Bertz CT molecular complexity index is 1080. The van der Waals surface area contributed by atoms with E-state index in [1.807, 2.05) is 32.0 Å². The molecule has 0 fully saturated rings. The number of anilines is 1. The normalized spacial score (nSPS) is 16.9. The second kappa shape index (κ2) is 6.56. The van der Waals surface area contributed by atoms with Crippen molar-refractivity contribution >= 4 is 17.4 Å². The van der Waals surface area contributed by atoms with Crippen molar-refractivity contribution in [1.82, 2.24) is 0 Å². The molecule has 0 spiro atoms. The predicted molar refractivity (Wildman–Crippen MR) is 102 cm³/mol. The molecule has 1 aliphatic rings. The van der Waals surface area contributed by atoms with Crippen molar-refractivity contribution in [1.29, 1.82) is 0 Å². The number of nitrogens with zero attached hydrogens (tertiary/aromatic N) is 1. The molecule has 1 N–H and O–H groups in total. The molecular formula is C22H19NO5. The van der Waals surface area contributed by atoms with E-state index in [2.05, 4.69) is 0 Å². The highest BCUT2D eigenvalue weighted by Crippen LogP contribution is 2.42. The van der Waals surface area contributed by atoms with Gasteiger partial charge in [-0.3, -0.25) is 14.5 Å². The molecule has 0 saturated heterocycles. The van der Waals surface area contributed by atoms with Crippen LogP contribution in [0.15, 0.2) is 68.9 Å². The van der Waals surface area contributed by atoms with Crippen LogP contribution in [0, 0.1) is 20.8 Å². The van der Waals surface area contributed by atoms with Crippen molar-refractivity contribution in [3.8, 4) is 0 Å². The van der Waals surface area contributed by atoms with Crippen LogP contribution in [0.2, 0.25) is 0 Å². The van der Waals surface area contributed by atoms with Crippen molar-refractivity contribution < 1.29 is 23.5 Å². The molecular weight excluding hydrogens is 358 g/mol. The Labute approximate surface area is 161 Å². The van der Waals surface area contributed by atoms with E-state index >= 15 is 0 Å². The summed E-state index contributed by atoms with van der Waals surface area (Å²) in [4.78, 5) is 27.4. The topological polar surface area (TPSA) is 83.9 Å². The molecule has 2 aromatic heterocycles. The Morgan fingerprint density at radius 1 is 1.07 bits per heavy atom. The highest BCUT2D eigenvalue weighted by molar-refractivity contribution is 6.20. The number of furan rings is 2. The van der Waals surface area contributed by atoms with Gasteiger partial charge in [-0.2, -0.15) is 0 Å². The lowest BCUT2D eigenvalue weighted by Gasteiger charge is -2.25. The Morgan fingerprint density at radius 2 is 1.79 bits per heavy atom. The van der Waals surface area contributed by atoms with Gasteiger partial charge < -0.3 is 13.9 Å². The number of carbonyl (C=O) groups is 2. The van der Waals surface area contributed by atoms with Crippen molar-refractivity contribution in [2.24, 2.45) is 0 Å². The van der Waals surface area contributed by atoms with Gasteiger partial charge in [-0.15, -0.1) is 0 Å². The van der Waals surface area contributed by atoms with Crippen LogP contribution in [0.25, 0.3) is 0 Å². The average Bonchev–Trinajstić information content (AvgIpc) is 3.35. The van der Waals surface area contributed by atoms with Crippen LogP contribution < -0.4 is 4.90 Å². The number of aliphatic hydroxyl groups excluding tert-OH is 1. The molecule has 0 aliphatic carbocycles. The molecule has 1 amide bonds. The van der Waals surface area contributed by atoms with Crippen LogP contribution >= 0.6 is 0 Å². The van der Waals surface area contributed by atoms with E-state index < -0.39 is 23.5 Å². The summed E-state index contributed by atoms with van der Waals surface area (Å²) in [6.07, 6.45) is 1.37. The van der Waals surface area contributed by atoms with Gasteiger partial charge in [-0.05, 0) is 68.3 Å². The van der Waals surface area contributed by atoms with E-state index in [0.717, 1.165) is 11.1 Å². The quantitative estimate of drug-likeness (QED) is 0.673. The summed E-state index contributed by atoms with van der Waals surface area (Å²) in [7, 11) is 0. The van der Waals surface area contributed by atoms with E-state index in [1.54, 1.807) is 25.1 Å². The fraction of sp³-hybridized carbons (Fsp3) is 0.182. The maximum Gasteiger partial charge on any atom is 0.294 e. The summed E-state index contributed by atoms with van der Waals surface area (Å²) < 4.78 is 11.0. The molecule has 1 unspecified atom stereocenters. The summed E-state index contributed by atoms with van der Waals surface area (Å²) in [6.45, 7) is 5.62. The van der Waals surface area contributed by atoms with Gasteiger partial charge in [-0.25, -0.2) is 0 Å². The number of Topliss-reactive ketones (excluding diaryl/α,β-unsaturated/α-hetero) is 1. The van der Waals surface area contributed by atoms with Crippen molar-refractivity contribution in [3.05, 3.63) is 88.5 Å². The molecule has 6 nitrogen and oxygen atoms in total. The monoisotopic (exact) mass is 377 g/mol. The van der Waals surface area contributed by atoms with Crippen LogP contribution in [-0.4, -0.2) is 16.8 Å². The molecule has 0 saturated carbocycles. The third kappa shape index (κ3) is 2.83. The Kier molecular flexibility index (Phi) is 4.19. The predicted octanol–water partition coefficient (Wildman–Crippen LogP) is 4.58. The Hall–Kier alpha value is -3.54. The summed E-state index contributed by atoms with van der Waals surface area (Å²) in [6, 6.07) is 11.3. The SMILES string of the molecule is Cc1cc(C)cc(N2C(=O)C(O)=C(C(=O)c3ccco3)C2c2ccc(C)o2)c1. The minimum absolute atomic E-state index is 0.0462. The second-order valence-electron chi connectivity index (χ2n) is 6.94. The van der Waals surface area contributed by atoms with Gasteiger partial charge in [0.05, 0.1) is 11.8 Å². The van der Waals surface area contributed by atoms with E-state index in [1.165, 1.54) is 17.2 Å². The largest absolute Gasteiger partial charge is 0.503 e. The minimum atomic E-state index is -0.889. The molecule has 3 heterocycles. The standard InChI is InChI=1S/C22H19NO5/c1-12-9-13(2)11-15(10-12)23-19(16-7-6-14(3)28-16)18(21(25)22(23)26)20(24)17-5-4-8-27-17/h4-11,19,25H,1-3H3. The van der Waals surface area contributed by atoms with Gasteiger partial charge >= 0.3 is 0 Å². The zero-order valence-electron chi connectivity index (χ0n) is 15.7. The Balaban J connectivity index is 1.90. The van der Waals surface area contributed by atoms with Crippen LogP contribution in [0.5, 0.6) is 0 Å². The van der Waals surface area contributed by atoms with Crippen molar-refractivity contribution in [2.75, 3.05) is 4.90 Å². The number of benzene rings is 1. The number of hydrogen-bond acceptors (Lipinski definition) is 5. The average molecular weight is 377 g/mol. The second-order valence-corrected chi connectivity index (χ2v) is 6.94. The van der Waals surface area contributed by atoms with Gasteiger partial charge in [-0.1, -0.05) is 6.07 Å². The first-order chi connectivity index (χ1) is 13.4. The highest BCUT2D eigenvalue weighted by atomic mass is 16.3. The number of carbonyl (C=O) groups excluding carboxylic acids is 2. The molecule has 28 heavy (non-hydrogen) atoms. The lowest BCUT2D eigenvalue weighted by molar-refractivity contribution is -0.117. The molecule has 6 heteroatoms. The number of amides is 1. The summed E-state index contributed by atoms with van der Waals surface area (Å²) in [5.41, 5.74) is 2.44. The number of hydrogen-bond donors (Lipinski definition) is 1. The van der Waals surface area contributed by atoms with E-state index in [9.17, 15) is 14.7 Å². The molecule has 4 rings (SSSR count). The maximum atomic E-state index is 13.0. The van der Waals surface area contributed by atoms with Crippen LogP contribution in [0.1, 0.15) is 39.2 Å². The lowest BCUT2D eigenvalue weighted by atomic mass is 9.99. The molecule has 3 aromatic rings. The number of aryl methyl sites for hydroxylation is 3. The maximum absolute atomic E-state index is 13.0. The molecule has 1 atom stereocenters. The van der Waals surface area contributed by atoms with Gasteiger partial charge in [0.25, 0.3) is 5.91 Å². The first-order valence-electron chi connectivity index (χ1n) is 8.86. The minimum Gasteiger partial charge on any atom is -0.503 e. The van der Waals surface area contributed by atoms with Crippen molar-refractivity contribution in [3.63, 3.8) is 0 Å². The highest BCUT2D eigenvalue weighted by Gasteiger charge is 2.46. The third-order valence-corrected chi connectivity index (χ3v) is 4.71. The van der Waals surface area contributed by atoms with E-state index in [-0.39, 0.29) is 11.3 Å². The van der Waals surface area contributed by atoms with Crippen LogP contribution in [-0.2, 0) is 4.79 Å². The van der Waals surface area contributed by atoms with Gasteiger partial charge in [0.15, 0.2) is 11.5 Å². The Morgan fingerprint density at radius 3 is 2.36 bits per heavy atom. The zero-order chi connectivity index (χ0) is 20.0. The first-order valence-corrected chi connectivity index (χ1v) is 8.86. The van der Waals surface area contributed by atoms with Gasteiger partial charge in [0.1, 0.15) is 17.6 Å². The third-order valence-electron chi connectivity index (χ3n) is 4.71. The van der Waals surface area contributed by atoms with Crippen molar-refractivity contribution in [2.45, 2.75) is 26.8 Å².